The molecule has 0 atom stereocenters. The molecule has 1 N–H and O–H groups in total. The summed E-state index contributed by atoms with van der Waals surface area (Å²) in [7, 11) is 0. The zero-order chi connectivity index (χ0) is 22.0. The zero-order valence-corrected chi connectivity index (χ0v) is 18.9. The van der Waals surface area contributed by atoms with Gasteiger partial charge in [-0.2, -0.15) is 0 Å². The Morgan fingerprint density at radius 3 is 2.68 bits per heavy atom. The van der Waals surface area contributed by atoms with Crippen LogP contribution in [0.4, 0.5) is 11.4 Å². The van der Waals surface area contributed by atoms with Crippen molar-refractivity contribution in [1.82, 2.24) is 5.32 Å². The van der Waals surface area contributed by atoms with Gasteiger partial charge in [0, 0.05) is 16.4 Å². The van der Waals surface area contributed by atoms with Crippen LogP contribution in [0.2, 0.25) is 5.02 Å². The van der Waals surface area contributed by atoms with Crippen molar-refractivity contribution in [2.75, 3.05) is 11.4 Å². The fourth-order valence-electron chi connectivity index (χ4n) is 3.44. The van der Waals surface area contributed by atoms with Crippen molar-refractivity contribution in [3.63, 3.8) is 0 Å². The molecule has 0 radical (unpaired) electrons. The molecule has 31 heavy (non-hydrogen) atoms. The standard InChI is InChI=1S/C24H22ClN3O2S/c1-15-10-19-21(11-16(15)2)28(24(30)12-20(27-19)22-8-5-9-31-22)14-23(29)26-13-17-6-3-4-7-18(17)25/h3-11H,12-14H2,1-2H3,(H,26,29). The largest absolute Gasteiger partial charge is 0.350 e. The molecular weight excluding hydrogens is 430 g/mol. The van der Waals surface area contributed by atoms with Crippen LogP contribution in [0, 0.1) is 13.8 Å². The Bertz CT molecular complexity index is 1170. The van der Waals surface area contributed by atoms with Gasteiger partial charge in [0.15, 0.2) is 0 Å². The number of anilines is 1. The third-order valence-corrected chi connectivity index (χ3v) is 6.59. The maximum absolute atomic E-state index is 13.2. The predicted octanol–water partition coefficient (Wildman–Crippen LogP) is 5.19. The summed E-state index contributed by atoms with van der Waals surface area (Å²) >= 11 is 7.73. The SMILES string of the molecule is Cc1cc2c(cc1C)N(CC(=O)NCc1ccccc1Cl)C(=O)CC(c1cccs1)=N2. The fourth-order valence-corrected chi connectivity index (χ4v) is 4.36. The molecule has 0 spiro atoms. The first kappa shape index (κ1) is 21.3. The summed E-state index contributed by atoms with van der Waals surface area (Å²) in [6, 6.07) is 15.2. The number of carbonyl (C=O) groups excluding carboxylic acids is 2. The molecule has 7 heteroatoms. The number of fused-ring (bicyclic) bond motifs is 1. The van der Waals surface area contributed by atoms with E-state index in [4.69, 9.17) is 16.6 Å². The highest BCUT2D eigenvalue weighted by molar-refractivity contribution is 7.12. The van der Waals surface area contributed by atoms with Crippen molar-refractivity contribution in [2.45, 2.75) is 26.8 Å². The van der Waals surface area contributed by atoms with Crippen LogP contribution in [0.15, 0.2) is 58.9 Å². The summed E-state index contributed by atoms with van der Waals surface area (Å²) in [6.45, 7) is 4.23. The lowest BCUT2D eigenvalue weighted by Gasteiger charge is -2.23. The molecule has 158 valence electrons. The van der Waals surface area contributed by atoms with Crippen molar-refractivity contribution in [3.8, 4) is 0 Å². The number of aliphatic imine (C=N–C) groups is 1. The van der Waals surface area contributed by atoms with E-state index in [9.17, 15) is 9.59 Å². The predicted molar refractivity (Wildman–Crippen MR) is 127 cm³/mol. The average Bonchev–Trinajstić information content (AvgIpc) is 3.24. The van der Waals surface area contributed by atoms with Gasteiger partial charge in [0.05, 0.1) is 23.5 Å². The number of hydrogen-bond donors (Lipinski definition) is 1. The number of nitrogens with one attached hydrogen (secondary N) is 1. The monoisotopic (exact) mass is 451 g/mol. The van der Waals surface area contributed by atoms with Gasteiger partial charge in [-0.15, -0.1) is 11.3 Å². The van der Waals surface area contributed by atoms with Crippen molar-refractivity contribution < 1.29 is 9.59 Å². The van der Waals surface area contributed by atoms with E-state index in [1.165, 1.54) is 4.90 Å². The topological polar surface area (TPSA) is 61.8 Å². The number of halogens is 1. The summed E-state index contributed by atoms with van der Waals surface area (Å²) < 4.78 is 0. The first-order valence-electron chi connectivity index (χ1n) is 9.95. The molecule has 4 rings (SSSR count). The molecule has 0 saturated heterocycles. The summed E-state index contributed by atoms with van der Waals surface area (Å²) in [6.07, 6.45) is 0.144. The fraction of sp³-hybridized carbons (Fsp3) is 0.208. The molecule has 1 aromatic heterocycles. The van der Waals surface area contributed by atoms with Crippen molar-refractivity contribution >= 4 is 51.8 Å². The lowest BCUT2D eigenvalue weighted by Crippen LogP contribution is -2.41. The Labute approximate surface area is 190 Å². The molecule has 3 aromatic rings. The molecule has 1 aliphatic heterocycles. The number of aryl methyl sites for hydroxylation is 2. The Morgan fingerprint density at radius 1 is 1.16 bits per heavy atom. The highest BCUT2D eigenvalue weighted by Crippen LogP contribution is 2.36. The van der Waals surface area contributed by atoms with Crippen LogP contribution in [0.5, 0.6) is 0 Å². The first-order valence-corrected chi connectivity index (χ1v) is 11.2. The highest BCUT2D eigenvalue weighted by atomic mass is 35.5. The van der Waals surface area contributed by atoms with E-state index in [-0.39, 0.29) is 24.8 Å². The van der Waals surface area contributed by atoms with Crippen LogP contribution in [0.25, 0.3) is 0 Å². The van der Waals surface area contributed by atoms with E-state index < -0.39 is 0 Å². The second-order valence-corrected chi connectivity index (χ2v) is 8.84. The van der Waals surface area contributed by atoms with Gasteiger partial charge in [-0.25, -0.2) is 4.99 Å². The van der Waals surface area contributed by atoms with Gasteiger partial charge in [0.1, 0.15) is 6.54 Å². The van der Waals surface area contributed by atoms with Crippen LogP contribution in [-0.4, -0.2) is 24.1 Å². The molecule has 2 heterocycles. The molecule has 2 amide bonds. The molecule has 0 saturated carbocycles. The highest BCUT2D eigenvalue weighted by Gasteiger charge is 2.27. The zero-order valence-electron chi connectivity index (χ0n) is 17.3. The second-order valence-electron chi connectivity index (χ2n) is 7.49. The summed E-state index contributed by atoms with van der Waals surface area (Å²) in [4.78, 5) is 33.2. The number of thiophene rings is 1. The van der Waals surface area contributed by atoms with Crippen molar-refractivity contribution in [3.05, 3.63) is 80.5 Å². The summed E-state index contributed by atoms with van der Waals surface area (Å²) in [5.74, 6) is -0.404. The third-order valence-electron chi connectivity index (χ3n) is 5.30. The van der Waals surface area contributed by atoms with Crippen molar-refractivity contribution in [2.24, 2.45) is 4.99 Å². The normalized spacial score (nSPS) is 13.5. The number of amides is 2. The van der Waals surface area contributed by atoms with Crippen LogP contribution in [0.1, 0.15) is 28.0 Å². The van der Waals surface area contributed by atoms with Gasteiger partial charge in [-0.1, -0.05) is 35.9 Å². The molecule has 2 aromatic carbocycles. The molecule has 0 fully saturated rings. The lowest BCUT2D eigenvalue weighted by molar-refractivity contribution is -0.123. The summed E-state index contributed by atoms with van der Waals surface area (Å²) in [5, 5.41) is 5.43. The number of hydrogen-bond acceptors (Lipinski definition) is 4. The van der Waals surface area contributed by atoms with Crippen molar-refractivity contribution in [1.29, 1.82) is 0 Å². The minimum Gasteiger partial charge on any atom is -0.350 e. The molecule has 0 aliphatic carbocycles. The van der Waals surface area contributed by atoms with E-state index in [2.05, 4.69) is 5.32 Å². The smallest absolute Gasteiger partial charge is 0.240 e. The Hall–Kier alpha value is -2.96. The van der Waals surface area contributed by atoms with E-state index in [0.717, 1.165) is 27.3 Å². The lowest BCUT2D eigenvalue weighted by atomic mass is 10.1. The minimum atomic E-state index is -0.253. The maximum Gasteiger partial charge on any atom is 0.240 e. The quantitative estimate of drug-likeness (QED) is 0.580. The Balaban J connectivity index is 1.60. The molecule has 5 nitrogen and oxygen atoms in total. The van der Waals surface area contributed by atoms with Gasteiger partial charge in [0.25, 0.3) is 0 Å². The van der Waals surface area contributed by atoms with Gasteiger partial charge in [-0.3, -0.25) is 9.59 Å². The van der Waals surface area contributed by atoms with Crippen LogP contribution >= 0.6 is 22.9 Å². The average molecular weight is 452 g/mol. The summed E-state index contributed by atoms with van der Waals surface area (Å²) in [5.41, 5.74) is 5.05. The van der Waals surface area contributed by atoms with E-state index in [0.29, 0.717) is 22.9 Å². The second kappa shape index (κ2) is 9.04. The van der Waals surface area contributed by atoms with E-state index in [1.807, 2.05) is 61.7 Å². The maximum atomic E-state index is 13.2. The van der Waals surface area contributed by atoms with Gasteiger partial charge >= 0.3 is 0 Å². The van der Waals surface area contributed by atoms with Gasteiger partial charge in [0.2, 0.25) is 11.8 Å². The number of nitrogens with zero attached hydrogens (tertiary/aromatic N) is 2. The van der Waals surface area contributed by atoms with Crippen LogP contribution < -0.4 is 10.2 Å². The van der Waals surface area contributed by atoms with Crippen LogP contribution in [0.3, 0.4) is 0 Å². The third kappa shape index (κ3) is 4.70. The molecule has 1 aliphatic rings. The first-order chi connectivity index (χ1) is 14.9. The Morgan fingerprint density at radius 2 is 1.94 bits per heavy atom. The molecule has 0 bridgehead atoms. The molecular formula is C24H22ClN3O2S. The van der Waals surface area contributed by atoms with E-state index in [1.54, 1.807) is 17.4 Å². The van der Waals surface area contributed by atoms with Crippen LogP contribution in [-0.2, 0) is 16.1 Å². The minimum absolute atomic E-state index is 0.0774. The Kier molecular flexibility index (Phi) is 6.20. The van der Waals surface area contributed by atoms with Gasteiger partial charge in [-0.05, 0) is 60.2 Å². The molecule has 0 unspecified atom stereocenters. The number of benzene rings is 2. The number of carbonyl (C=O) groups is 2. The van der Waals surface area contributed by atoms with E-state index >= 15 is 0 Å². The number of rotatable bonds is 5. The van der Waals surface area contributed by atoms with Gasteiger partial charge < -0.3 is 10.2 Å².